The maximum absolute atomic E-state index is 4.36. The van der Waals surface area contributed by atoms with Crippen molar-refractivity contribution < 1.29 is 0 Å². The first-order chi connectivity index (χ1) is 9.61. The molecule has 1 aromatic heterocycles. The minimum absolute atomic E-state index is 0.413. The zero-order valence-electron chi connectivity index (χ0n) is 13.7. The SMILES string of the molecule is CCCC1CCCC(NC(C)c2cnn(C)c2C)CC1. The third-order valence-corrected chi connectivity index (χ3v) is 5.01. The van der Waals surface area contributed by atoms with Crippen molar-refractivity contribution in [3.63, 3.8) is 0 Å². The molecule has 0 spiro atoms. The van der Waals surface area contributed by atoms with Gasteiger partial charge in [-0.05, 0) is 39.0 Å². The predicted octanol–water partition coefficient (Wildman–Crippen LogP) is 4.13. The smallest absolute Gasteiger partial charge is 0.0540 e. The van der Waals surface area contributed by atoms with E-state index in [4.69, 9.17) is 0 Å². The van der Waals surface area contributed by atoms with Crippen LogP contribution in [0.5, 0.6) is 0 Å². The molecule has 1 N–H and O–H groups in total. The highest BCUT2D eigenvalue weighted by Crippen LogP contribution is 2.28. The Morgan fingerprint density at radius 2 is 2.15 bits per heavy atom. The fourth-order valence-corrected chi connectivity index (χ4v) is 3.63. The summed E-state index contributed by atoms with van der Waals surface area (Å²) in [5, 5.41) is 8.20. The summed E-state index contributed by atoms with van der Waals surface area (Å²) in [6.45, 7) is 6.75. The van der Waals surface area contributed by atoms with Gasteiger partial charge in [-0.15, -0.1) is 0 Å². The zero-order valence-corrected chi connectivity index (χ0v) is 13.7. The standard InChI is InChI=1S/C17H31N3/c1-5-7-15-8-6-9-16(11-10-15)19-13(2)17-12-18-20(4)14(17)3/h12-13,15-16,19H,5-11H2,1-4H3. The van der Waals surface area contributed by atoms with Crippen molar-refractivity contribution in [1.82, 2.24) is 15.1 Å². The Labute approximate surface area is 124 Å². The lowest BCUT2D eigenvalue weighted by Crippen LogP contribution is -2.31. The molecular weight excluding hydrogens is 246 g/mol. The molecule has 0 bridgehead atoms. The molecule has 0 radical (unpaired) electrons. The van der Waals surface area contributed by atoms with E-state index in [1.807, 2.05) is 17.9 Å². The highest BCUT2D eigenvalue weighted by atomic mass is 15.3. The van der Waals surface area contributed by atoms with Crippen molar-refractivity contribution in [2.75, 3.05) is 0 Å². The van der Waals surface area contributed by atoms with Crippen molar-refractivity contribution in [2.45, 2.75) is 77.8 Å². The van der Waals surface area contributed by atoms with Crippen molar-refractivity contribution in [3.8, 4) is 0 Å². The van der Waals surface area contributed by atoms with Crippen LogP contribution in [-0.2, 0) is 7.05 Å². The summed E-state index contributed by atoms with van der Waals surface area (Å²) in [6.07, 6.45) is 11.7. The molecule has 1 saturated carbocycles. The highest BCUT2D eigenvalue weighted by Gasteiger charge is 2.21. The number of hydrogen-bond donors (Lipinski definition) is 1. The van der Waals surface area contributed by atoms with E-state index in [9.17, 15) is 0 Å². The maximum atomic E-state index is 4.36. The molecule has 1 aliphatic rings. The Kier molecular flexibility index (Phi) is 5.64. The minimum Gasteiger partial charge on any atom is -0.307 e. The van der Waals surface area contributed by atoms with E-state index in [2.05, 4.69) is 31.2 Å². The van der Waals surface area contributed by atoms with Crippen molar-refractivity contribution >= 4 is 0 Å². The lowest BCUT2D eigenvalue weighted by atomic mass is 9.95. The van der Waals surface area contributed by atoms with Crippen LogP contribution < -0.4 is 5.32 Å². The molecule has 2 rings (SSSR count). The molecule has 0 aliphatic heterocycles. The molecular formula is C17H31N3. The number of aromatic nitrogens is 2. The van der Waals surface area contributed by atoms with E-state index in [0.717, 1.165) is 5.92 Å². The van der Waals surface area contributed by atoms with Gasteiger partial charge in [0.2, 0.25) is 0 Å². The summed E-state index contributed by atoms with van der Waals surface area (Å²) < 4.78 is 1.97. The fourth-order valence-electron chi connectivity index (χ4n) is 3.63. The van der Waals surface area contributed by atoms with E-state index in [1.54, 1.807) is 0 Å². The van der Waals surface area contributed by atoms with Crippen LogP contribution in [-0.4, -0.2) is 15.8 Å². The number of nitrogens with one attached hydrogen (secondary N) is 1. The number of nitrogens with zero attached hydrogens (tertiary/aromatic N) is 2. The Bertz CT molecular complexity index is 410. The van der Waals surface area contributed by atoms with Crippen LogP contribution in [0, 0.1) is 12.8 Å². The van der Waals surface area contributed by atoms with Crippen LogP contribution in [0.1, 0.15) is 76.1 Å². The summed E-state index contributed by atoms with van der Waals surface area (Å²) in [7, 11) is 2.02. The van der Waals surface area contributed by atoms with Gasteiger partial charge in [0.05, 0.1) is 6.20 Å². The maximum Gasteiger partial charge on any atom is 0.0540 e. The lowest BCUT2D eigenvalue weighted by molar-refractivity contribution is 0.392. The highest BCUT2D eigenvalue weighted by molar-refractivity contribution is 5.19. The van der Waals surface area contributed by atoms with Crippen molar-refractivity contribution in [2.24, 2.45) is 13.0 Å². The number of aryl methyl sites for hydroxylation is 1. The Hall–Kier alpha value is -0.830. The molecule has 0 saturated heterocycles. The molecule has 3 heteroatoms. The number of rotatable bonds is 5. The molecule has 3 nitrogen and oxygen atoms in total. The summed E-state index contributed by atoms with van der Waals surface area (Å²) in [5.41, 5.74) is 2.63. The minimum atomic E-state index is 0.413. The summed E-state index contributed by atoms with van der Waals surface area (Å²) in [4.78, 5) is 0. The van der Waals surface area contributed by atoms with Gasteiger partial charge in [-0.2, -0.15) is 5.10 Å². The van der Waals surface area contributed by atoms with Crippen LogP contribution in [0.15, 0.2) is 6.20 Å². The third kappa shape index (κ3) is 3.85. The molecule has 0 amide bonds. The van der Waals surface area contributed by atoms with E-state index in [0.29, 0.717) is 12.1 Å². The predicted molar refractivity (Wildman–Crippen MR) is 84.8 cm³/mol. The summed E-state index contributed by atoms with van der Waals surface area (Å²) in [6, 6.07) is 1.10. The third-order valence-electron chi connectivity index (χ3n) is 5.01. The van der Waals surface area contributed by atoms with Gasteiger partial charge >= 0.3 is 0 Å². The van der Waals surface area contributed by atoms with Crippen LogP contribution >= 0.6 is 0 Å². The van der Waals surface area contributed by atoms with Gasteiger partial charge in [0.25, 0.3) is 0 Å². The van der Waals surface area contributed by atoms with Gasteiger partial charge in [-0.25, -0.2) is 0 Å². The lowest BCUT2D eigenvalue weighted by Gasteiger charge is -2.22. The molecule has 1 aliphatic carbocycles. The Morgan fingerprint density at radius 1 is 1.35 bits per heavy atom. The van der Waals surface area contributed by atoms with Gasteiger partial charge < -0.3 is 5.32 Å². The van der Waals surface area contributed by atoms with E-state index >= 15 is 0 Å². The average molecular weight is 277 g/mol. The van der Waals surface area contributed by atoms with E-state index in [-0.39, 0.29) is 0 Å². The molecule has 1 fully saturated rings. The normalized spacial score (nSPS) is 25.4. The van der Waals surface area contributed by atoms with Gasteiger partial charge in [0, 0.05) is 30.4 Å². The van der Waals surface area contributed by atoms with Gasteiger partial charge in [0.1, 0.15) is 0 Å². The van der Waals surface area contributed by atoms with E-state index < -0.39 is 0 Å². The largest absolute Gasteiger partial charge is 0.307 e. The second-order valence-corrected chi connectivity index (χ2v) is 6.56. The summed E-state index contributed by atoms with van der Waals surface area (Å²) >= 11 is 0. The molecule has 1 aromatic rings. The summed E-state index contributed by atoms with van der Waals surface area (Å²) in [5.74, 6) is 0.974. The molecule has 1 heterocycles. The first-order valence-electron chi connectivity index (χ1n) is 8.36. The second-order valence-electron chi connectivity index (χ2n) is 6.56. The molecule has 0 aromatic carbocycles. The quantitative estimate of drug-likeness (QED) is 0.820. The monoisotopic (exact) mass is 277 g/mol. The van der Waals surface area contributed by atoms with Crippen LogP contribution in [0.25, 0.3) is 0 Å². The number of hydrogen-bond acceptors (Lipinski definition) is 2. The zero-order chi connectivity index (χ0) is 14.5. The topological polar surface area (TPSA) is 29.9 Å². The van der Waals surface area contributed by atoms with Crippen molar-refractivity contribution in [1.29, 1.82) is 0 Å². The first kappa shape index (κ1) is 15.6. The molecule has 3 unspecified atom stereocenters. The fraction of sp³-hybridized carbons (Fsp3) is 0.824. The second kappa shape index (κ2) is 7.26. The molecule has 3 atom stereocenters. The first-order valence-corrected chi connectivity index (χ1v) is 8.36. The van der Waals surface area contributed by atoms with Gasteiger partial charge in [-0.1, -0.05) is 32.6 Å². The Balaban J connectivity index is 1.88. The van der Waals surface area contributed by atoms with Crippen LogP contribution in [0.2, 0.25) is 0 Å². The van der Waals surface area contributed by atoms with Crippen molar-refractivity contribution in [3.05, 3.63) is 17.5 Å². The molecule has 114 valence electrons. The Morgan fingerprint density at radius 3 is 2.80 bits per heavy atom. The van der Waals surface area contributed by atoms with Crippen LogP contribution in [0.4, 0.5) is 0 Å². The average Bonchev–Trinajstić information content (AvgIpc) is 2.63. The van der Waals surface area contributed by atoms with Gasteiger partial charge in [0.15, 0.2) is 0 Å². The van der Waals surface area contributed by atoms with E-state index in [1.165, 1.54) is 56.2 Å². The van der Waals surface area contributed by atoms with Crippen LogP contribution in [0.3, 0.4) is 0 Å². The molecule has 20 heavy (non-hydrogen) atoms. The van der Waals surface area contributed by atoms with Gasteiger partial charge in [-0.3, -0.25) is 4.68 Å².